The van der Waals surface area contributed by atoms with E-state index in [1.165, 1.54) is 6.07 Å². The fourth-order valence-corrected chi connectivity index (χ4v) is 5.82. The van der Waals surface area contributed by atoms with Crippen molar-refractivity contribution in [2.45, 2.75) is 37.0 Å². The zero-order chi connectivity index (χ0) is 27.0. The summed E-state index contributed by atoms with van der Waals surface area (Å²) in [6.45, 7) is 1.71. The maximum Gasteiger partial charge on any atom is 0.435 e. The van der Waals surface area contributed by atoms with Crippen molar-refractivity contribution >= 4 is 15.9 Å². The Kier molecular flexibility index (Phi) is 7.29. The first kappa shape index (κ1) is 26.6. The molecule has 3 aromatic rings. The summed E-state index contributed by atoms with van der Waals surface area (Å²) < 4.78 is 93.0. The molecule has 1 aromatic heterocycles. The molecule has 196 valence electrons. The summed E-state index contributed by atoms with van der Waals surface area (Å²) in [7, 11) is -4.08. The van der Waals surface area contributed by atoms with Crippen LogP contribution in [0.2, 0.25) is 0 Å². The van der Waals surface area contributed by atoms with Crippen molar-refractivity contribution < 1.29 is 35.2 Å². The van der Waals surface area contributed by atoms with Crippen LogP contribution in [0.25, 0.3) is 11.3 Å². The topological polar surface area (TPSA) is 92.3 Å². The molecule has 0 saturated carbocycles. The summed E-state index contributed by atoms with van der Waals surface area (Å²) in [6, 6.07) is 8.68. The Hall–Kier alpha value is -3.45. The molecule has 2 heterocycles. The van der Waals surface area contributed by atoms with Gasteiger partial charge in [0.2, 0.25) is 15.9 Å². The lowest BCUT2D eigenvalue weighted by molar-refractivity contribution is -0.141. The van der Waals surface area contributed by atoms with Crippen LogP contribution in [0.15, 0.2) is 59.5 Å². The standard InChI is InChI=1S/C24H21F5N4O3S/c1-14-8-21(33(13-14)37(35,36)19-4-2-17(25)3-5-19)23(34)30-12-15-9-16(11-18(26)10-15)20-6-7-22(32-31-20)24(27,28)29/h2-7,9-11,14,21H,8,12-13H2,1H3,(H,30,34)/t14?,21-/m0/s1. The highest BCUT2D eigenvalue weighted by atomic mass is 32.2. The molecule has 2 aromatic carbocycles. The third-order valence-corrected chi connectivity index (χ3v) is 7.75. The Morgan fingerprint density at radius 1 is 1.03 bits per heavy atom. The van der Waals surface area contributed by atoms with Gasteiger partial charge in [0.05, 0.1) is 10.6 Å². The van der Waals surface area contributed by atoms with Crippen LogP contribution in [0.4, 0.5) is 22.0 Å². The zero-order valence-corrected chi connectivity index (χ0v) is 20.2. The number of amides is 1. The van der Waals surface area contributed by atoms with Gasteiger partial charge in [-0.15, -0.1) is 10.2 Å². The van der Waals surface area contributed by atoms with E-state index in [2.05, 4.69) is 15.5 Å². The quantitative estimate of drug-likeness (QED) is 0.475. The first-order valence-electron chi connectivity index (χ1n) is 11.1. The van der Waals surface area contributed by atoms with E-state index in [1.54, 1.807) is 6.92 Å². The highest BCUT2D eigenvalue weighted by Crippen LogP contribution is 2.30. The first-order valence-corrected chi connectivity index (χ1v) is 12.5. The summed E-state index contributed by atoms with van der Waals surface area (Å²) in [5.74, 6) is -2.03. The van der Waals surface area contributed by atoms with E-state index in [1.807, 2.05) is 0 Å². The summed E-state index contributed by atoms with van der Waals surface area (Å²) in [5.41, 5.74) is -0.753. The molecule has 1 saturated heterocycles. The number of aromatic nitrogens is 2. The van der Waals surface area contributed by atoms with Gasteiger partial charge in [0, 0.05) is 18.7 Å². The Bertz CT molecular complexity index is 1400. The molecule has 4 rings (SSSR count). The average molecular weight is 541 g/mol. The largest absolute Gasteiger partial charge is 0.435 e. The fraction of sp³-hybridized carbons (Fsp3) is 0.292. The van der Waals surface area contributed by atoms with Gasteiger partial charge in [-0.25, -0.2) is 17.2 Å². The zero-order valence-electron chi connectivity index (χ0n) is 19.3. The summed E-state index contributed by atoms with van der Waals surface area (Å²) in [6.07, 6.45) is -4.42. The number of hydrogen-bond acceptors (Lipinski definition) is 5. The normalized spacial score (nSPS) is 18.6. The Balaban J connectivity index is 1.50. The van der Waals surface area contributed by atoms with Gasteiger partial charge in [0.25, 0.3) is 0 Å². The number of nitrogens with zero attached hydrogens (tertiary/aromatic N) is 3. The lowest BCUT2D eigenvalue weighted by Crippen LogP contribution is -2.45. The second-order valence-electron chi connectivity index (χ2n) is 8.75. The van der Waals surface area contributed by atoms with E-state index in [0.29, 0.717) is 0 Å². The second kappa shape index (κ2) is 10.1. The highest BCUT2D eigenvalue weighted by molar-refractivity contribution is 7.89. The van der Waals surface area contributed by atoms with Crippen LogP contribution in [-0.2, 0) is 27.5 Å². The third-order valence-electron chi connectivity index (χ3n) is 5.86. The number of alkyl halides is 3. The third kappa shape index (κ3) is 5.93. The van der Waals surface area contributed by atoms with Crippen molar-refractivity contribution in [3.63, 3.8) is 0 Å². The van der Waals surface area contributed by atoms with Crippen molar-refractivity contribution in [2.75, 3.05) is 6.54 Å². The molecule has 0 spiro atoms. The minimum absolute atomic E-state index is 0.00117. The molecule has 1 N–H and O–H groups in total. The van der Waals surface area contributed by atoms with Gasteiger partial charge in [-0.1, -0.05) is 6.92 Å². The molecule has 0 aliphatic carbocycles. The van der Waals surface area contributed by atoms with Gasteiger partial charge in [-0.05, 0) is 72.5 Å². The number of carbonyl (C=O) groups excluding carboxylic acids is 1. The van der Waals surface area contributed by atoms with Gasteiger partial charge in [0.15, 0.2) is 5.69 Å². The van der Waals surface area contributed by atoms with Crippen LogP contribution in [0.5, 0.6) is 0 Å². The number of nitrogens with one attached hydrogen (secondary N) is 1. The van der Waals surface area contributed by atoms with Crippen molar-refractivity contribution in [2.24, 2.45) is 5.92 Å². The average Bonchev–Trinajstić information content (AvgIpc) is 3.25. The summed E-state index contributed by atoms with van der Waals surface area (Å²) >= 11 is 0. The predicted octanol–water partition coefficient (Wildman–Crippen LogP) is 4.16. The molecule has 1 aliphatic rings. The van der Waals surface area contributed by atoms with Crippen molar-refractivity contribution in [1.82, 2.24) is 19.8 Å². The molecule has 1 unspecified atom stereocenters. The number of benzene rings is 2. The van der Waals surface area contributed by atoms with Gasteiger partial charge in [-0.2, -0.15) is 17.5 Å². The van der Waals surface area contributed by atoms with Gasteiger partial charge >= 0.3 is 6.18 Å². The van der Waals surface area contributed by atoms with Crippen molar-refractivity contribution in [3.05, 3.63) is 77.5 Å². The monoisotopic (exact) mass is 540 g/mol. The van der Waals surface area contributed by atoms with Crippen LogP contribution in [0, 0.1) is 17.6 Å². The maximum atomic E-state index is 14.2. The van der Waals surface area contributed by atoms with Gasteiger partial charge in [-0.3, -0.25) is 4.79 Å². The lowest BCUT2D eigenvalue weighted by atomic mass is 10.1. The lowest BCUT2D eigenvalue weighted by Gasteiger charge is -2.23. The van der Waals surface area contributed by atoms with E-state index >= 15 is 0 Å². The Morgan fingerprint density at radius 3 is 2.35 bits per heavy atom. The molecule has 1 amide bonds. The molecule has 37 heavy (non-hydrogen) atoms. The molecule has 2 atom stereocenters. The molecule has 7 nitrogen and oxygen atoms in total. The van der Waals surface area contributed by atoms with Crippen LogP contribution < -0.4 is 5.32 Å². The number of carbonyl (C=O) groups is 1. The van der Waals surface area contributed by atoms with Crippen LogP contribution >= 0.6 is 0 Å². The predicted molar refractivity (Wildman–Crippen MR) is 122 cm³/mol. The SMILES string of the molecule is CC1C[C@@H](C(=O)NCc2cc(F)cc(-c3ccc(C(F)(F)F)nn3)c2)N(S(=O)(=O)c2ccc(F)cc2)C1. The highest BCUT2D eigenvalue weighted by Gasteiger charge is 2.42. The summed E-state index contributed by atoms with van der Waals surface area (Å²) in [4.78, 5) is 12.8. The first-order chi connectivity index (χ1) is 17.3. The van der Waals surface area contributed by atoms with E-state index in [9.17, 15) is 35.2 Å². The number of sulfonamides is 1. The number of hydrogen-bond donors (Lipinski definition) is 1. The fourth-order valence-electron chi connectivity index (χ4n) is 4.10. The van der Waals surface area contributed by atoms with E-state index in [0.717, 1.165) is 52.8 Å². The van der Waals surface area contributed by atoms with Crippen LogP contribution in [-0.4, -0.2) is 41.4 Å². The summed E-state index contributed by atoms with van der Waals surface area (Å²) in [5, 5.41) is 9.25. The molecule has 1 aliphatic heterocycles. The maximum absolute atomic E-state index is 14.2. The van der Waals surface area contributed by atoms with E-state index in [-0.39, 0.29) is 47.1 Å². The molecular formula is C24H21F5N4O3S. The van der Waals surface area contributed by atoms with Crippen molar-refractivity contribution in [3.8, 4) is 11.3 Å². The van der Waals surface area contributed by atoms with E-state index in [4.69, 9.17) is 0 Å². The Morgan fingerprint density at radius 2 is 1.73 bits per heavy atom. The van der Waals surface area contributed by atoms with Gasteiger partial charge < -0.3 is 5.32 Å². The molecule has 0 radical (unpaired) electrons. The van der Waals surface area contributed by atoms with E-state index < -0.39 is 45.5 Å². The molecule has 13 heteroatoms. The number of rotatable bonds is 6. The minimum Gasteiger partial charge on any atom is -0.351 e. The number of halogens is 5. The minimum atomic E-state index is -4.67. The molecule has 0 bridgehead atoms. The van der Waals surface area contributed by atoms with Gasteiger partial charge in [0.1, 0.15) is 17.7 Å². The van der Waals surface area contributed by atoms with Crippen molar-refractivity contribution in [1.29, 1.82) is 0 Å². The smallest absolute Gasteiger partial charge is 0.351 e. The van der Waals surface area contributed by atoms with Crippen LogP contribution in [0.1, 0.15) is 24.6 Å². The van der Waals surface area contributed by atoms with Crippen LogP contribution in [0.3, 0.4) is 0 Å². The Labute approximate surface area is 209 Å². The molecular weight excluding hydrogens is 519 g/mol. The second-order valence-corrected chi connectivity index (χ2v) is 10.6. The molecule has 1 fully saturated rings.